The second-order valence-corrected chi connectivity index (χ2v) is 5.96. The van der Waals surface area contributed by atoms with Gasteiger partial charge in [-0.15, -0.1) is 0 Å². The zero-order chi connectivity index (χ0) is 12.3. The molecule has 0 N–H and O–H groups in total. The third-order valence-corrected chi connectivity index (χ3v) is 5.01. The molecule has 2 unspecified atom stereocenters. The van der Waals surface area contributed by atoms with Crippen LogP contribution in [0.3, 0.4) is 0 Å². The molecule has 0 radical (unpaired) electrons. The Labute approximate surface area is 106 Å². The molecular formula is C15H27NO. The highest BCUT2D eigenvalue weighted by Crippen LogP contribution is 2.33. The van der Waals surface area contributed by atoms with Gasteiger partial charge in [0.25, 0.3) is 0 Å². The third kappa shape index (κ3) is 3.09. The zero-order valence-electron chi connectivity index (χ0n) is 11.5. The summed E-state index contributed by atoms with van der Waals surface area (Å²) in [6.07, 6.45) is 10.8. The molecule has 2 fully saturated rings. The normalized spacial score (nSPS) is 32.1. The largest absolute Gasteiger partial charge is 0.300 e. The molecule has 0 aromatic carbocycles. The molecule has 2 atom stereocenters. The van der Waals surface area contributed by atoms with E-state index in [4.69, 9.17) is 0 Å². The minimum Gasteiger partial charge on any atom is -0.300 e. The molecule has 0 saturated heterocycles. The highest BCUT2D eigenvalue weighted by molar-refractivity contribution is 5.79. The fraction of sp³-hybridized carbons (Fsp3) is 0.933. The lowest BCUT2D eigenvalue weighted by molar-refractivity contribution is -0.121. The Bertz CT molecular complexity index is 254. The summed E-state index contributed by atoms with van der Waals surface area (Å²) in [5.74, 6) is 1.37. The molecule has 0 aliphatic heterocycles. The van der Waals surface area contributed by atoms with Crippen molar-refractivity contribution in [1.29, 1.82) is 0 Å². The second kappa shape index (κ2) is 5.99. The van der Waals surface area contributed by atoms with E-state index in [0.29, 0.717) is 11.8 Å². The minimum absolute atomic E-state index is 0.477. The minimum atomic E-state index is 0.477. The summed E-state index contributed by atoms with van der Waals surface area (Å²) in [6, 6.07) is 1.46. The highest BCUT2D eigenvalue weighted by atomic mass is 16.1. The maximum absolute atomic E-state index is 11.3. The van der Waals surface area contributed by atoms with Crippen LogP contribution in [-0.4, -0.2) is 29.8 Å². The van der Waals surface area contributed by atoms with E-state index in [-0.39, 0.29) is 0 Å². The van der Waals surface area contributed by atoms with Gasteiger partial charge in [0.1, 0.15) is 5.78 Å². The Morgan fingerprint density at radius 2 is 1.76 bits per heavy atom. The molecule has 17 heavy (non-hydrogen) atoms. The van der Waals surface area contributed by atoms with Crippen LogP contribution in [0.4, 0.5) is 0 Å². The van der Waals surface area contributed by atoms with E-state index in [2.05, 4.69) is 18.9 Å². The van der Waals surface area contributed by atoms with Crippen LogP contribution in [0.15, 0.2) is 0 Å². The topological polar surface area (TPSA) is 20.3 Å². The van der Waals surface area contributed by atoms with Gasteiger partial charge in [-0.3, -0.25) is 4.79 Å². The molecule has 0 spiro atoms. The van der Waals surface area contributed by atoms with Crippen molar-refractivity contribution >= 4 is 5.78 Å². The van der Waals surface area contributed by atoms with E-state index < -0.39 is 0 Å². The quantitative estimate of drug-likeness (QED) is 0.750. The van der Waals surface area contributed by atoms with Gasteiger partial charge in [-0.05, 0) is 38.6 Å². The van der Waals surface area contributed by atoms with Crippen LogP contribution in [0.2, 0.25) is 0 Å². The molecule has 98 valence electrons. The molecule has 0 amide bonds. The number of rotatable bonds is 3. The van der Waals surface area contributed by atoms with Crippen molar-refractivity contribution in [2.75, 3.05) is 7.05 Å². The maximum Gasteiger partial charge on any atom is 0.133 e. The highest BCUT2D eigenvalue weighted by Gasteiger charge is 2.32. The number of nitrogens with zero attached hydrogens (tertiary/aromatic N) is 1. The van der Waals surface area contributed by atoms with Gasteiger partial charge in [0, 0.05) is 24.9 Å². The van der Waals surface area contributed by atoms with Crippen LogP contribution in [-0.2, 0) is 4.79 Å². The first kappa shape index (κ1) is 13.1. The predicted molar refractivity (Wildman–Crippen MR) is 71.1 cm³/mol. The summed E-state index contributed by atoms with van der Waals surface area (Å²) >= 11 is 0. The fourth-order valence-electron chi connectivity index (χ4n) is 3.80. The molecule has 0 heterocycles. The second-order valence-electron chi connectivity index (χ2n) is 5.96. The molecule has 0 bridgehead atoms. The SMILES string of the molecule is CCC1CCCCC1N(C)C1CCC(=O)CC1. The monoisotopic (exact) mass is 237 g/mol. The molecular weight excluding hydrogens is 210 g/mol. The van der Waals surface area contributed by atoms with E-state index in [0.717, 1.165) is 37.6 Å². The van der Waals surface area contributed by atoms with E-state index in [1.165, 1.54) is 32.1 Å². The Morgan fingerprint density at radius 1 is 1.12 bits per heavy atom. The van der Waals surface area contributed by atoms with Crippen LogP contribution in [0, 0.1) is 5.92 Å². The van der Waals surface area contributed by atoms with Crippen molar-refractivity contribution in [3.63, 3.8) is 0 Å². The maximum atomic E-state index is 11.3. The number of hydrogen-bond donors (Lipinski definition) is 0. The van der Waals surface area contributed by atoms with Gasteiger partial charge in [-0.1, -0.05) is 26.2 Å². The third-order valence-electron chi connectivity index (χ3n) is 5.01. The molecule has 0 aromatic rings. The van der Waals surface area contributed by atoms with E-state index in [1.54, 1.807) is 0 Å². The lowest BCUT2D eigenvalue weighted by Gasteiger charge is -2.43. The van der Waals surface area contributed by atoms with Crippen molar-refractivity contribution < 1.29 is 4.79 Å². The average molecular weight is 237 g/mol. The summed E-state index contributed by atoms with van der Waals surface area (Å²) in [4.78, 5) is 13.9. The van der Waals surface area contributed by atoms with Gasteiger partial charge in [0.05, 0.1) is 0 Å². The Balaban J connectivity index is 1.93. The van der Waals surface area contributed by atoms with Crippen LogP contribution < -0.4 is 0 Å². The van der Waals surface area contributed by atoms with E-state index in [9.17, 15) is 4.79 Å². The van der Waals surface area contributed by atoms with Gasteiger partial charge < -0.3 is 4.90 Å². The lowest BCUT2D eigenvalue weighted by atomic mass is 9.80. The van der Waals surface area contributed by atoms with Crippen molar-refractivity contribution in [2.45, 2.75) is 76.8 Å². The molecule has 2 aliphatic rings. The summed E-state index contributed by atoms with van der Waals surface area (Å²) in [7, 11) is 2.30. The average Bonchev–Trinajstić information content (AvgIpc) is 2.39. The number of carbonyl (C=O) groups excluding carboxylic acids is 1. The number of ketones is 1. The summed E-state index contributed by atoms with van der Waals surface area (Å²) < 4.78 is 0. The van der Waals surface area contributed by atoms with Gasteiger partial charge in [0.2, 0.25) is 0 Å². The number of hydrogen-bond acceptors (Lipinski definition) is 2. The summed E-state index contributed by atoms with van der Waals surface area (Å²) in [6.45, 7) is 2.33. The Kier molecular flexibility index (Phi) is 4.61. The summed E-state index contributed by atoms with van der Waals surface area (Å²) in [5.41, 5.74) is 0. The summed E-state index contributed by atoms with van der Waals surface area (Å²) in [5, 5.41) is 0. The van der Waals surface area contributed by atoms with Gasteiger partial charge in [-0.25, -0.2) is 0 Å². The van der Waals surface area contributed by atoms with Gasteiger partial charge in [-0.2, -0.15) is 0 Å². The smallest absolute Gasteiger partial charge is 0.133 e. The van der Waals surface area contributed by atoms with Crippen LogP contribution >= 0.6 is 0 Å². The first-order valence-corrected chi connectivity index (χ1v) is 7.46. The van der Waals surface area contributed by atoms with Crippen molar-refractivity contribution in [3.05, 3.63) is 0 Å². The molecule has 0 aromatic heterocycles. The molecule has 2 nitrogen and oxygen atoms in total. The van der Waals surface area contributed by atoms with Crippen LogP contribution in [0.25, 0.3) is 0 Å². The van der Waals surface area contributed by atoms with Crippen molar-refractivity contribution in [3.8, 4) is 0 Å². The van der Waals surface area contributed by atoms with Crippen LogP contribution in [0.5, 0.6) is 0 Å². The molecule has 2 heteroatoms. The first-order valence-electron chi connectivity index (χ1n) is 7.46. The number of carbonyl (C=O) groups is 1. The van der Waals surface area contributed by atoms with E-state index in [1.807, 2.05) is 0 Å². The lowest BCUT2D eigenvalue weighted by Crippen LogP contribution is -2.46. The van der Waals surface area contributed by atoms with E-state index >= 15 is 0 Å². The van der Waals surface area contributed by atoms with Crippen LogP contribution in [0.1, 0.15) is 64.7 Å². The van der Waals surface area contributed by atoms with Crippen molar-refractivity contribution in [1.82, 2.24) is 4.90 Å². The predicted octanol–water partition coefficient (Wildman–Crippen LogP) is 3.40. The van der Waals surface area contributed by atoms with Gasteiger partial charge >= 0.3 is 0 Å². The Hall–Kier alpha value is -0.370. The Morgan fingerprint density at radius 3 is 2.41 bits per heavy atom. The molecule has 2 saturated carbocycles. The zero-order valence-corrected chi connectivity index (χ0v) is 11.5. The number of Topliss-reactive ketones (excluding diaryl/α,β-unsaturated/α-hetero) is 1. The van der Waals surface area contributed by atoms with Crippen molar-refractivity contribution in [2.24, 2.45) is 5.92 Å². The molecule has 2 rings (SSSR count). The first-order chi connectivity index (χ1) is 8.22. The van der Waals surface area contributed by atoms with Gasteiger partial charge in [0.15, 0.2) is 0 Å². The standard InChI is InChI=1S/C15H27NO/c1-3-12-6-4-5-7-15(12)16(2)13-8-10-14(17)11-9-13/h12-13,15H,3-11H2,1-2H3. The fourth-order valence-corrected chi connectivity index (χ4v) is 3.80. The molecule has 2 aliphatic carbocycles.